The molecular weight excluding hydrogens is 382 g/mol. The molecule has 2 amide bonds. The van der Waals surface area contributed by atoms with Gasteiger partial charge in [0.1, 0.15) is 6.04 Å². The van der Waals surface area contributed by atoms with Crippen molar-refractivity contribution in [2.75, 3.05) is 18.5 Å². The van der Waals surface area contributed by atoms with E-state index in [0.29, 0.717) is 6.42 Å². The topological polar surface area (TPSA) is 58.6 Å². The normalized spacial score (nSPS) is 17.7. The molecule has 0 saturated carbocycles. The first-order chi connectivity index (χ1) is 12.4. The molecule has 5 nitrogen and oxygen atoms in total. The minimum atomic E-state index is -4.71. The number of amides is 2. The average Bonchev–Trinajstić information content (AvgIpc) is 3.02. The van der Waals surface area contributed by atoms with Crippen LogP contribution in [0, 0.1) is 6.92 Å². The van der Waals surface area contributed by atoms with Gasteiger partial charge >= 0.3 is 18.4 Å². The summed E-state index contributed by atoms with van der Waals surface area (Å²) >= 11 is 0. The van der Waals surface area contributed by atoms with Crippen molar-refractivity contribution >= 4 is 17.7 Å². The van der Waals surface area contributed by atoms with E-state index in [1.165, 1.54) is 19.1 Å². The highest BCUT2D eigenvalue weighted by Crippen LogP contribution is 2.33. The summed E-state index contributed by atoms with van der Waals surface area (Å²) in [7, 11) is 0. The second kappa shape index (κ2) is 7.65. The van der Waals surface area contributed by atoms with Gasteiger partial charge in [0.15, 0.2) is 6.61 Å². The summed E-state index contributed by atoms with van der Waals surface area (Å²) in [5.74, 6) is -0.798. The number of aryl methyl sites for hydroxylation is 1. The largest absolute Gasteiger partial charge is 0.440 e. The Morgan fingerprint density at radius 2 is 1.89 bits per heavy atom. The molecule has 0 spiro atoms. The standard InChI is InChI=1S/C16H16F6N2O3/c1-9-4-5-10(7-11(9)16(20,21)22)23-13(25)12-3-2-6-24(12)14(26)27-8-15(17,18)19/h4-5,7,12H,2-3,6,8H2,1H3,(H,23,25). The van der Waals surface area contributed by atoms with Gasteiger partial charge in [-0.25, -0.2) is 4.79 Å². The molecule has 1 atom stereocenters. The fourth-order valence-corrected chi connectivity index (χ4v) is 2.72. The molecule has 0 aromatic heterocycles. The van der Waals surface area contributed by atoms with Gasteiger partial charge in [-0.05, 0) is 37.5 Å². The van der Waals surface area contributed by atoms with Gasteiger partial charge in [0.25, 0.3) is 0 Å². The fraction of sp³-hybridized carbons (Fsp3) is 0.500. The molecule has 1 aromatic carbocycles. The van der Waals surface area contributed by atoms with Crippen LogP contribution in [-0.4, -0.2) is 42.3 Å². The van der Waals surface area contributed by atoms with Crippen LogP contribution in [0.4, 0.5) is 36.8 Å². The Labute approximate surface area is 150 Å². The van der Waals surface area contributed by atoms with Crippen molar-refractivity contribution < 1.29 is 40.7 Å². The number of alkyl halides is 6. The number of hydrogen-bond acceptors (Lipinski definition) is 3. The van der Waals surface area contributed by atoms with Crippen molar-refractivity contribution in [3.05, 3.63) is 29.3 Å². The number of hydrogen-bond donors (Lipinski definition) is 1. The van der Waals surface area contributed by atoms with E-state index in [-0.39, 0.29) is 24.2 Å². The monoisotopic (exact) mass is 398 g/mol. The first kappa shape index (κ1) is 20.8. The molecule has 27 heavy (non-hydrogen) atoms. The van der Waals surface area contributed by atoms with Crippen molar-refractivity contribution in [3.8, 4) is 0 Å². The number of carbonyl (C=O) groups excluding carboxylic acids is 2. The number of likely N-dealkylation sites (tertiary alicyclic amines) is 1. The number of nitrogens with one attached hydrogen (secondary N) is 1. The third-order valence-corrected chi connectivity index (χ3v) is 3.96. The second-order valence-corrected chi connectivity index (χ2v) is 6.04. The van der Waals surface area contributed by atoms with Gasteiger partial charge in [0.2, 0.25) is 5.91 Å². The van der Waals surface area contributed by atoms with Crippen LogP contribution >= 0.6 is 0 Å². The minimum Gasteiger partial charge on any atom is -0.440 e. The Bertz CT molecular complexity index is 717. The summed E-state index contributed by atoms with van der Waals surface area (Å²) in [6.45, 7) is -0.510. The molecule has 0 bridgehead atoms. The maximum Gasteiger partial charge on any atom is 0.422 e. The number of halogens is 6. The van der Waals surface area contributed by atoms with Crippen LogP contribution in [0.25, 0.3) is 0 Å². The van der Waals surface area contributed by atoms with Gasteiger partial charge < -0.3 is 10.1 Å². The molecule has 1 N–H and O–H groups in total. The first-order valence-corrected chi connectivity index (χ1v) is 7.87. The number of anilines is 1. The van der Waals surface area contributed by atoms with E-state index in [0.717, 1.165) is 11.0 Å². The lowest BCUT2D eigenvalue weighted by molar-refractivity contribution is -0.162. The third-order valence-electron chi connectivity index (χ3n) is 3.96. The molecule has 1 heterocycles. The molecule has 1 aliphatic heterocycles. The lowest BCUT2D eigenvalue weighted by Gasteiger charge is -2.23. The van der Waals surface area contributed by atoms with Gasteiger partial charge in [0.05, 0.1) is 5.56 Å². The van der Waals surface area contributed by atoms with Gasteiger partial charge in [-0.3, -0.25) is 9.69 Å². The Morgan fingerprint density at radius 3 is 2.48 bits per heavy atom. The molecule has 1 fully saturated rings. The molecule has 0 radical (unpaired) electrons. The summed E-state index contributed by atoms with van der Waals surface area (Å²) < 4.78 is 79.4. The maximum atomic E-state index is 12.9. The van der Waals surface area contributed by atoms with Crippen molar-refractivity contribution in [1.29, 1.82) is 0 Å². The quantitative estimate of drug-likeness (QED) is 0.780. The van der Waals surface area contributed by atoms with Crippen LogP contribution in [0.15, 0.2) is 18.2 Å². The predicted molar refractivity (Wildman–Crippen MR) is 81.9 cm³/mol. The average molecular weight is 398 g/mol. The summed E-state index contributed by atoms with van der Waals surface area (Å²) in [6, 6.07) is 2.09. The third kappa shape index (κ3) is 5.51. The SMILES string of the molecule is Cc1ccc(NC(=O)C2CCCN2C(=O)OCC(F)(F)F)cc1C(F)(F)F. The van der Waals surface area contributed by atoms with E-state index in [2.05, 4.69) is 10.1 Å². The molecule has 1 aliphatic rings. The molecule has 2 rings (SSSR count). The Balaban J connectivity index is 2.08. The second-order valence-electron chi connectivity index (χ2n) is 6.04. The van der Waals surface area contributed by atoms with Gasteiger partial charge in [0, 0.05) is 12.2 Å². The highest BCUT2D eigenvalue weighted by Gasteiger charge is 2.38. The molecule has 150 valence electrons. The lowest BCUT2D eigenvalue weighted by Crippen LogP contribution is -2.44. The minimum absolute atomic E-state index is 0.0104. The van der Waals surface area contributed by atoms with Gasteiger partial charge in [-0.15, -0.1) is 0 Å². The summed E-state index contributed by atoms with van der Waals surface area (Å²) in [4.78, 5) is 24.9. The van der Waals surface area contributed by atoms with Crippen molar-refractivity contribution in [1.82, 2.24) is 4.90 Å². The summed E-state index contributed by atoms with van der Waals surface area (Å²) in [5.41, 5.74) is -1.08. The zero-order chi connectivity index (χ0) is 20.4. The molecular formula is C16H16F6N2O3. The van der Waals surface area contributed by atoms with E-state index in [1.807, 2.05) is 0 Å². The van der Waals surface area contributed by atoms with E-state index < -0.39 is 42.6 Å². The highest BCUT2D eigenvalue weighted by atomic mass is 19.4. The van der Waals surface area contributed by atoms with Crippen LogP contribution < -0.4 is 5.32 Å². The van der Waals surface area contributed by atoms with E-state index in [9.17, 15) is 35.9 Å². The smallest absolute Gasteiger partial charge is 0.422 e. The zero-order valence-electron chi connectivity index (χ0n) is 14.1. The zero-order valence-corrected chi connectivity index (χ0v) is 14.1. The number of carbonyl (C=O) groups is 2. The number of rotatable bonds is 3. The number of ether oxygens (including phenoxy) is 1. The van der Waals surface area contributed by atoms with Crippen LogP contribution in [0.1, 0.15) is 24.0 Å². The molecule has 1 saturated heterocycles. The van der Waals surface area contributed by atoms with Crippen LogP contribution in [0.3, 0.4) is 0 Å². The van der Waals surface area contributed by atoms with E-state index in [1.54, 1.807) is 0 Å². The van der Waals surface area contributed by atoms with Crippen molar-refractivity contribution in [2.24, 2.45) is 0 Å². The number of benzene rings is 1. The molecule has 1 unspecified atom stereocenters. The molecule has 0 aliphatic carbocycles. The predicted octanol–water partition coefficient (Wildman–Crippen LogP) is 4.12. The van der Waals surface area contributed by atoms with Gasteiger partial charge in [-0.1, -0.05) is 6.07 Å². The van der Waals surface area contributed by atoms with Crippen LogP contribution in [-0.2, 0) is 15.7 Å². The molecule has 1 aromatic rings. The summed E-state index contributed by atoms with van der Waals surface area (Å²) in [5, 5.41) is 2.27. The van der Waals surface area contributed by atoms with Crippen LogP contribution in [0.5, 0.6) is 0 Å². The summed E-state index contributed by atoms with van der Waals surface area (Å²) in [6.07, 6.45) is -10.1. The first-order valence-electron chi connectivity index (χ1n) is 7.87. The van der Waals surface area contributed by atoms with E-state index in [4.69, 9.17) is 0 Å². The Morgan fingerprint density at radius 1 is 1.22 bits per heavy atom. The Kier molecular flexibility index (Phi) is 5.91. The maximum absolute atomic E-state index is 12.9. The van der Waals surface area contributed by atoms with Crippen molar-refractivity contribution in [2.45, 2.75) is 38.2 Å². The molecule has 11 heteroatoms. The highest BCUT2D eigenvalue weighted by molar-refractivity contribution is 5.97. The van der Waals surface area contributed by atoms with Crippen molar-refractivity contribution in [3.63, 3.8) is 0 Å². The van der Waals surface area contributed by atoms with E-state index >= 15 is 0 Å². The van der Waals surface area contributed by atoms with Crippen LogP contribution in [0.2, 0.25) is 0 Å². The van der Waals surface area contributed by atoms with Gasteiger partial charge in [-0.2, -0.15) is 26.3 Å². The Hall–Kier alpha value is -2.46. The fourth-order valence-electron chi connectivity index (χ4n) is 2.72. The number of nitrogens with zero attached hydrogens (tertiary/aromatic N) is 1. The lowest BCUT2D eigenvalue weighted by atomic mass is 10.1.